The molecule has 122 valence electrons. The molecule has 1 fully saturated rings. The average molecular weight is 325 g/mol. The summed E-state index contributed by atoms with van der Waals surface area (Å²) in [5, 5.41) is -0.365. The van der Waals surface area contributed by atoms with Gasteiger partial charge in [0.2, 0.25) is 0 Å². The molecule has 1 aliphatic carbocycles. The van der Waals surface area contributed by atoms with Crippen molar-refractivity contribution in [1.29, 1.82) is 0 Å². The molecular formula is C16H14F3NO3. The molecule has 0 saturated heterocycles. The van der Waals surface area contributed by atoms with Crippen LogP contribution in [0.1, 0.15) is 42.6 Å². The van der Waals surface area contributed by atoms with Gasteiger partial charge in [0.15, 0.2) is 22.9 Å². The van der Waals surface area contributed by atoms with E-state index in [0.717, 1.165) is 38.2 Å². The van der Waals surface area contributed by atoms with Crippen molar-refractivity contribution in [2.24, 2.45) is 0 Å². The zero-order chi connectivity index (χ0) is 16.6. The quantitative estimate of drug-likeness (QED) is 0.680. The summed E-state index contributed by atoms with van der Waals surface area (Å²) in [5.41, 5.74) is -1.61. The number of H-pyrrole nitrogens is 1. The van der Waals surface area contributed by atoms with Crippen molar-refractivity contribution in [3.63, 3.8) is 0 Å². The molecular weight excluding hydrogens is 311 g/mol. The van der Waals surface area contributed by atoms with Gasteiger partial charge in [-0.2, -0.15) is 0 Å². The SMILES string of the molecule is O=C(OC1CCCCC1)c1cc(=O)c2cc(F)c(F)c(F)c2[nH]1. The van der Waals surface area contributed by atoms with E-state index in [1.807, 2.05) is 0 Å². The van der Waals surface area contributed by atoms with E-state index in [0.29, 0.717) is 6.07 Å². The number of carbonyl (C=O) groups excluding carboxylic acids is 1. The van der Waals surface area contributed by atoms with Crippen LogP contribution in [-0.4, -0.2) is 17.1 Å². The van der Waals surface area contributed by atoms with Gasteiger partial charge in [-0.1, -0.05) is 6.42 Å². The highest BCUT2D eigenvalue weighted by atomic mass is 19.2. The fourth-order valence-electron chi connectivity index (χ4n) is 2.80. The Hall–Kier alpha value is -2.31. The molecule has 1 saturated carbocycles. The Morgan fingerprint density at radius 3 is 2.48 bits per heavy atom. The van der Waals surface area contributed by atoms with Gasteiger partial charge in [0.1, 0.15) is 11.8 Å². The topological polar surface area (TPSA) is 59.2 Å². The number of halogens is 3. The highest BCUT2D eigenvalue weighted by molar-refractivity contribution is 5.91. The number of nitrogens with one attached hydrogen (secondary N) is 1. The van der Waals surface area contributed by atoms with E-state index in [9.17, 15) is 22.8 Å². The van der Waals surface area contributed by atoms with Crippen LogP contribution < -0.4 is 5.43 Å². The molecule has 1 N–H and O–H groups in total. The number of aromatic nitrogens is 1. The van der Waals surface area contributed by atoms with E-state index in [2.05, 4.69) is 4.98 Å². The van der Waals surface area contributed by atoms with Crippen LogP contribution in [0, 0.1) is 17.5 Å². The van der Waals surface area contributed by atoms with Crippen LogP contribution in [0.4, 0.5) is 13.2 Å². The Kier molecular flexibility index (Phi) is 4.11. The summed E-state index contributed by atoms with van der Waals surface area (Å²) in [6.45, 7) is 0. The standard InChI is InChI=1S/C16H14F3NO3/c17-10-6-9-12(21)7-11(20-15(9)14(19)13(10)18)16(22)23-8-4-2-1-3-5-8/h6-8H,1-5H2,(H,20,21). The lowest BCUT2D eigenvalue weighted by Crippen LogP contribution is -2.22. The lowest BCUT2D eigenvalue weighted by Gasteiger charge is -2.21. The molecule has 2 aromatic rings. The minimum absolute atomic E-state index is 0.245. The van der Waals surface area contributed by atoms with Crippen LogP contribution in [0.2, 0.25) is 0 Å². The maximum absolute atomic E-state index is 13.8. The Morgan fingerprint density at radius 2 is 1.78 bits per heavy atom. The number of pyridine rings is 1. The smallest absolute Gasteiger partial charge is 0.355 e. The molecule has 0 unspecified atom stereocenters. The van der Waals surface area contributed by atoms with Crippen LogP contribution in [0.5, 0.6) is 0 Å². The monoisotopic (exact) mass is 325 g/mol. The van der Waals surface area contributed by atoms with E-state index in [1.165, 1.54) is 0 Å². The first-order chi connectivity index (χ1) is 11.0. The molecule has 1 heterocycles. The van der Waals surface area contributed by atoms with Crippen LogP contribution in [0.25, 0.3) is 10.9 Å². The zero-order valence-electron chi connectivity index (χ0n) is 12.1. The van der Waals surface area contributed by atoms with Crippen molar-refractivity contribution in [3.8, 4) is 0 Å². The van der Waals surface area contributed by atoms with Crippen molar-refractivity contribution in [3.05, 3.63) is 45.5 Å². The number of esters is 1. The van der Waals surface area contributed by atoms with Gasteiger partial charge in [0.05, 0.1) is 10.9 Å². The van der Waals surface area contributed by atoms with Gasteiger partial charge < -0.3 is 9.72 Å². The maximum atomic E-state index is 13.8. The molecule has 1 aromatic carbocycles. The summed E-state index contributed by atoms with van der Waals surface area (Å²) in [6.07, 6.45) is 4.20. The number of carbonyl (C=O) groups is 1. The van der Waals surface area contributed by atoms with Crippen LogP contribution in [0.3, 0.4) is 0 Å². The maximum Gasteiger partial charge on any atom is 0.355 e. The van der Waals surface area contributed by atoms with Crippen LogP contribution in [-0.2, 0) is 4.74 Å². The molecule has 0 aliphatic heterocycles. The Bertz CT molecular complexity index is 825. The van der Waals surface area contributed by atoms with Gasteiger partial charge in [-0.05, 0) is 31.7 Å². The Balaban J connectivity index is 1.98. The molecule has 0 spiro atoms. The van der Waals surface area contributed by atoms with Crippen LogP contribution in [0.15, 0.2) is 16.9 Å². The number of hydrogen-bond acceptors (Lipinski definition) is 3. The second-order valence-electron chi connectivity index (χ2n) is 5.62. The largest absolute Gasteiger partial charge is 0.458 e. The predicted octanol–water partition coefficient (Wildman–Crippen LogP) is 3.43. The van der Waals surface area contributed by atoms with E-state index in [-0.39, 0.29) is 17.2 Å². The fraction of sp³-hybridized carbons (Fsp3) is 0.375. The highest BCUT2D eigenvalue weighted by Gasteiger charge is 2.22. The van der Waals surface area contributed by atoms with Gasteiger partial charge in [0.25, 0.3) is 0 Å². The third kappa shape index (κ3) is 2.95. The molecule has 7 heteroatoms. The molecule has 0 atom stereocenters. The van der Waals surface area contributed by atoms with Crippen molar-refractivity contribution in [2.75, 3.05) is 0 Å². The second-order valence-corrected chi connectivity index (χ2v) is 5.62. The van der Waals surface area contributed by atoms with Gasteiger partial charge >= 0.3 is 5.97 Å². The summed E-state index contributed by atoms with van der Waals surface area (Å²) in [4.78, 5) is 26.4. The molecule has 1 aliphatic rings. The summed E-state index contributed by atoms with van der Waals surface area (Å²) in [7, 11) is 0. The van der Waals surface area contributed by atoms with Gasteiger partial charge in [-0.3, -0.25) is 4.79 Å². The number of benzene rings is 1. The molecule has 1 aromatic heterocycles. The van der Waals surface area contributed by atoms with Crippen molar-refractivity contribution in [1.82, 2.24) is 4.98 Å². The molecule has 0 amide bonds. The third-order valence-electron chi connectivity index (χ3n) is 4.01. The molecule has 0 radical (unpaired) electrons. The lowest BCUT2D eigenvalue weighted by molar-refractivity contribution is 0.0205. The first-order valence-electron chi connectivity index (χ1n) is 7.39. The molecule has 3 rings (SSSR count). The number of fused-ring (bicyclic) bond motifs is 1. The van der Waals surface area contributed by atoms with E-state index < -0.39 is 34.4 Å². The second kappa shape index (κ2) is 6.06. The minimum atomic E-state index is -1.70. The highest BCUT2D eigenvalue weighted by Crippen LogP contribution is 2.22. The number of ether oxygens (including phenoxy) is 1. The predicted molar refractivity (Wildman–Crippen MR) is 76.7 cm³/mol. The van der Waals surface area contributed by atoms with Gasteiger partial charge in [0, 0.05) is 6.07 Å². The summed E-state index contributed by atoms with van der Waals surface area (Å²) < 4.78 is 45.6. The van der Waals surface area contributed by atoms with E-state index >= 15 is 0 Å². The fourth-order valence-corrected chi connectivity index (χ4v) is 2.80. The van der Waals surface area contributed by atoms with Crippen molar-refractivity contribution < 1.29 is 22.7 Å². The number of rotatable bonds is 2. The molecule has 23 heavy (non-hydrogen) atoms. The minimum Gasteiger partial charge on any atom is -0.458 e. The zero-order valence-corrected chi connectivity index (χ0v) is 12.1. The summed E-state index contributed by atoms with van der Waals surface area (Å²) in [5.74, 6) is -5.51. The molecule has 0 bridgehead atoms. The first-order valence-corrected chi connectivity index (χ1v) is 7.39. The number of hydrogen-bond donors (Lipinski definition) is 1. The van der Waals surface area contributed by atoms with Crippen molar-refractivity contribution >= 4 is 16.9 Å². The summed E-state index contributed by atoms with van der Waals surface area (Å²) >= 11 is 0. The third-order valence-corrected chi connectivity index (χ3v) is 4.01. The van der Waals surface area contributed by atoms with Crippen molar-refractivity contribution in [2.45, 2.75) is 38.2 Å². The first kappa shape index (κ1) is 15.6. The Labute approximate surface area is 129 Å². The normalized spacial score (nSPS) is 15.8. The number of aromatic amines is 1. The molecule has 4 nitrogen and oxygen atoms in total. The van der Waals surface area contributed by atoms with Gasteiger partial charge in [-0.25, -0.2) is 18.0 Å². The average Bonchev–Trinajstić information content (AvgIpc) is 2.54. The van der Waals surface area contributed by atoms with E-state index in [1.54, 1.807) is 0 Å². The lowest BCUT2D eigenvalue weighted by atomic mass is 9.98. The Morgan fingerprint density at radius 1 is 1.09 bits per heavy atom. The van der Waals surface area contributed by atoms with Gasteiger partial charge in [-0.15, -0.1) is 0 Å². The van der Waals surface area contributed by atoms with E-state index in [4.69, 9.17) is 4.74 Å². The summed E-state index contributed by atoms with van der Waals surface area (Å²) in [6, 6.07) is 1.51. The van der Waals surface area contributed by atoms with Crippen LogP contribution >= 0.6 is 0 Å².